The Morgan fingerprint density at radius 1 is 0.853 bits per heavy atom. The second-order valence-corrected chi connectivity index (χ2v) is 10.1. The van der Waals surface area contributed by atoms with Gasteiger partial charge in [-0.2, -0.15) is 0 Å². The van der Waals surface area contributed by atoms with Crippen molar-refractivity contribution in [2.45, 2.75) is 24.5 Å². The van der Waals surface area contributed by atoms with E-state index in [1.807, 2.05) is 42.1 Å². The SMILES string of the molecule is COc1ccc(-c2cc(CSc3cc(C)cc(C)c3)c(-c3ccc(C(=O)O)cc3)s2)cc1OC. The van der Waals surface area contributed by atoms with E-state index in [0.717, 1.165) is 26.6 Å². The van der Waals surface area contributed by atoms with Crippen LogP contribution in [0.25, 0.3) is 20.9 Å². The van der Waals surface area contributed by atoms with E-state index in [9.17, 15) is 9.90 Å². The second-order valence-electron chi connectivity index (χ2n) is 8.03. The van der Waals surface area contributed by atoms with Crippen molar-refractivity contribution in [3.63, 3.8) is 0 Å². The average molecular weight is 491 g/mol. The molecule has 1 aromatic heterocycles. The van der Waals surface area contributed by atoms with Crippen LogP contribution in [0.1, 0.15) is 27.0 Å². The summed E-state index contributed by atoms with van der Waals surface area (Å²) in [7, 11) is 3.27. The van der Waals surface area contributed by atoms with Crippen LogP contribution in [0.5, 0.6) is 11.5 Å². The molecule has 1 N–H and O–H groups in total. The van der Waals surface area contributed by atoms with E-state index in [1.54, 1.807) is 37.7 Å². The molecule has 0 radical (unpaired) electrons. The van der Waals surface area contributed by atoms with Crippen LogP contribution in [0.4, 0.5) is 0 Å². The van der Waals surface area contributed by atoms with Crippen LogP contribution in [-0.4, -0.2) is 25.3 Å². The van der Waals surface area contributed by atoms with E-state index in [0.29, 0.717) is 11.5 Å². The average Bonchev–Trinajstić information content (AvgIpc) is 3.26. The molecular formula is C28H26O4S2. The Hall–Kier alpha value is -3.22. The van der Waals surface area contributed by atoms with Crippen LogP contribution in [0, 0.1) is 13.8 Å². The number of aryl methyl sites for hydroxylation is 2. The van der Waals surface area contributed by atoms with Crippen molar-refractivity contribution >= 4 is 29.1 Å². The molecule has 0 spiro atoms. The fourth-order valence-electron chi connectivity index (χ4n) is 3.85. The monoisotopic (exact) mass is 490 g/mol. The maximum absolute atomic E-state index is 11.3. The third-order valence-corrected chi connectivity index (χ3v) is 7.76. The molecule has 0 aliphatic heterocycles. The lowest BCUT2D eigenvalue weighted by atomic mass is 10.1. The summed E-state index contributed by atoms with van der Waals surface area (Å²) in [6.07, 6.45) is 0. The lowest BCUT2D eigenvalue weighted by Crippen LogP contribution is -1.95. The molecule has 4 aromatic rings. The number of aromatic carboxylic acids is 1. The molecule has 0 amide bonds. The zero-order valence-electron chi connectivity index (χ0n) is 19.5. The Kier molecular flexibility index (Phi) is 7.29. The summed E-state index contributed by atoms with van der Waals surface area (Å²) in [4.78, 5) is 14.8. The fraction of sp³-hybridized carbons (Fsp3) is 0.179. The van der Waals surface area contributed by atoms with Crippen molar-refractivity contribution in [3.8, 4) is 32.4 Å². The molecule has 4 rings (SSSR count). The van der Waals surface area contributed by atoms with Gasteiger partial charge in [0.15, 0.2) is 11.5 Å². The van der Waals surface area contributed by atoms with Crippen molar-refractivity contribution in [1.82, 2.24) is 0 Å². The van der Waals surface area contributed by atoms with Crippen LogP contribution in [-0.2, 0) is 5.75 Å². The Balaban J connectivity index is 1.73. The predicted octanol–water partition coefficient (Wildman–Crippen LogP) is 7.71. The van der Waals surface area contributed by atoms with E-state index in [4.69, 9.17) is 9.47 Å². The van der Waals surface area contributed by atoms with Gasteiger partial charge in [-0.05, 0) is 90.2 Å². The van der Waals surface area contributed by atoms with Crippen LogP contribution < -0.4 is 9.47 Å². The van der Waals surface area contributed by atoms with E-state index in [-0.39, 0.29) is 5.56 Å². The highest BCUT2D eigenvalue weighted by atomic mass is 32.2. The molecule has 0 unspecified atom stereocenters. The lowest BCUT2D eigenvalue weighted by molar-refractivity contribution is 0.0697. The number of thiophene rings is 1. The number of carbonyl (C=O) groups is 1. The van der Waals surface area contributed by atoms with Gasteiger partial charge in [0.05, 0.1) is 19.8 Å². The summed E-state index contributed by atoms with van der Waals surface area (Å²) in [5, 5.41) is 9.28. The largest absolute Gasteiger partial charge is 0.493 e. The highest BCUT2D eigenvalue weighted by molar-refractivity contribution is 7.98. The number of carboxylic acid groups (broad SMARTS) is 1. The number of thioether (sulfide) groups is 1. The Morgan fingerprint density at radius 2 is 1.50 bits per heavy atom. The van der Waals surface area contributed by atoms with Gasteiger partial charge in [-0.25, -0.2) is 4.79 Å². The number of ether oxygens (including phenoxy) is 2. The zero-order chi connectivity index (χ0) is 24.2. The van der Waals surface area contributed by atoms with Crippen LogP contribution in [0.15, 0.2) is 71.6 Å². The minimum atomic E-state index is -0.922. The first-order valence-electron chi connectivity index (χ1n) is 10.8. The molecule has 6 heteroatoms. The van der Waals surface area contributed by atoms with Gasteiger partial charge in [0.1, 0.15) is 0 Å². The van der Waals surface area contributed by atoms with Gasteiger partial charge in [-0.1, -0.05) is 18.2 Å². The van der Waals surface area contributed by atoms with Gasteiger partial charge >= 0.3 is 5.97 Å². The Bertz CT molecular complexity index is 1300. The van der Waals surface area contributed by atoms with Gasteiger partial charge in [0.2, 0.25) is 0 Å². The van der Waals surface area contributed by atoms with Crippen molar-refractivity contribution in [2.75, 3.05) is 14.2 Å². The summed E-state index contributed by atoms with van der Waals surface area (Å²) in [6, 6.07) is 21.9. The maximum atomic E-state index is 11.3. The van der Waals surface area contributed by atoms with E-state index in [1.165, 1.54) is 21.6 Å². The molecule has 0 atom stereocenters. The molecule has 0 aliphatic carbocycles. The molecule has 0 fully saturated rings. The quantitative estimate of drug-likeness (QED) is 0.256. The smallest absolute Gasteiger partial charge is 0.335 e. The molecule has 0 saturated carbocycles. The first-order chi connectivity index (χ1) is 16.4. The van der Waals surface area contributed by atoms with Gasteiger partial charge in [-0.3, -0.25) is 0 Å². The van der Waals surface area contributed by atoms with Gasteiger partial charge in [0.25, 0.3) is 0 Å². The predicted molar refractivity (Wildman–Crippen MR) is 141 cm³/mol. The highest BCUT2D eigenvalue weighted by Crippen LogP contribution is 2.42. The number of hydrogen-bond acceptors (Lipinski definition) is 5. The topological polar surface area (TPSA) is 55.8 Å². The third kappa shape index (κ3) is 5.29. The Labute approximate surface area is 208 Å². The standard InChI is InChI=1S/C28H26O4S2/c1-17-11-18(2)13-23(12-17)33-16-22-15-26(21-9-10-24(31-3)25(14-21)32-4)34-27(22)19-5-7-20(8-6-19)28(29)30/h5-15H,16H2,1-4H3,(H,29,30). The second kappa shape index (κ2) is 10.4. The molecular weight excluding hydrogens is 464 g/mol. The van der Waals surface area contributed by atoms with E-state index >= 15 is 0 Å². The van der Waals surface area contributed by atoms with E-state index in [2.05, 4.69) is 38.1 Å². The molecule has 174 valence electrons. The minimum Gasteiger partial charge on any atom is -0.493 e. The minimum absolute atomic E-state index is 0.284. The summed E-state index contributed by atoms with van der Waals surface area (Å²) >= 11 is 3.51. The van der Waals surface area contributed by atoms with E-state index < -0.39 is 5.97 Å². The van der Waals surface area contributed by atoms with Crippen LogP contribution >= 0.6 is 23.1 Å². The fourth-order valence-corrected chi connectivity index (χ4v) is 6.22. The number of carboxylic acids is 1. The number of hydrogen-bond donors (Lipinski definition) is 1. The molecule has 1 heterocycles. The molecule has 3 aromatic carbocycles. The van der Waals surface area contributed by atoms with Crippen molar-refractivity contribution in [2.24, 2.45) is 0 Å². The summed E-state index contributed by atoms with van der Waals surface area (Å²) in [5.41, 5.74) is 6.06. The number of methoxy groups -OCH3 is 2. The molecule has 0 aliphatic rings. The van der Waals surface area contributed by atoms with Crippen LogP contribution in [0.2, 0.25) is 0 Å². The van der Waals surface area contributed by atoms with Gasteiger partial charge < -0.3 is 14.6 Å². The zero-order valence-corrected chi connectivity index (χ0v) is 21.2. The maximum Gasteiger partial charge on any atom is 0.335 e. The summed E-state index contributed by atoms with van der Waals surface area (Å²) in [5.74, 6) is 1.27. The highest BCUT2D eigenvalue weighted by Gasteiger charge is 2.16. The van der Waals surface area contributed by atoms with Crippen molar-refractivity contribution in [3.05, 3.63) is 89.0 Å². The first kappa shape index (κ1) is 23.9. The summed E-state index contributed by atoms with van der Waals surface area (Å²) in [6.45, 7) is 4.23. The summed E-state index contributed by atoms with van der Waals surface area (Å²) < 4.78 is 10.9. The number of benzene rings is 3. The Morgan fingerprint density at radius 3 is 2.12 bits per heavy atom. The lowest BCUT2D eigenvalue weighted by Gasteiger charge is -2.08. The normalized spacial score (nSPS) is 10.8. The third-order valence-electron chi connectivity index (χ3n) is 5.46. The first-order valence-corrected chi connectivity index (χ1v) is 12.6. The van der Waals surface area contributed by atoms with Crippen molar-refractivity contribution < 1.29 is 19.4 Å². The van der Waals surface area contributed by atoms with Crippen LogP contribution in [0.3, 0.4) is 0 Å². The molecule has 4 nitrogen and oxygen atoms in total. The molecule has 34 heavy (non-hydrogen) atoms. The van der Waals surface area contributed by atoms with Crippen molar-refractivity contribution in [1.29, 1.82) is 0 Å². The molecule has 0 bridgehead atoms. The van der Waals surface area contributed by atoms with Gasteiger partial charge in [0, 0.05) is 20.4 Å². The molecule has 0 saturated heterocycles. The number of rotatable bonds is 8. The van der Waals surface area contributed by atoms with Gasteiger partial charge in [-0.15, -0.1) is 23.1 Å².